The molecule has 1 atom stereocenters. The van der Waals surface area contributed by atoms with Gasteiger partial charge in [-0.2, -0.15) is 0 Å². The zero-order chi connectivity index (χ0) is 13.1. The maximum absolute atomic E-state index is 11.2. The van der Waals surface area contributed by atoms with Gasteiger partial charge in [0.2, 0.25) is 5.76 Å². The van der Waals surface area contributed by atoms with Crippen LogP contribution in [0, 0.1) is 3.57 Å². The van der Waals surface area contributed by atoms with Crippen LogP contribution in [0.3, 0.4) is 0 Å². The van der Waals surface area contributed by atoms with Gasteiger partial charge in [0.05, 0.1) is 7.11 Å². The molecular weight excluding hydrogens is 347 g/mol. The third kappa shape index (κ3) is 2.73. The maximum Gasteiger partial charge on any atom is 0.373 e. The van der Waals surface area contributed by atoms with Crippen LogP contribution < -0.4 is 0 Å². The highest BCUT2D eigenvalue weighted by atomic mass is 127. The Morgan fingerprint density at radius 1 is 1.39 bits per heavy atom. The van der Waals surface area contributed by atoms with Crippen molar-refractivity contribution >= 4 is 28.6 Å². The second-order valence-electron chi connectivity index (χ2n) is 3.65. The number of halogens is 1. The maximum atomic E-state index is 11.2. The molecule has 0 spiro atoms. The number of hydrogen-bond acceptors (Lipinski definition) is 4. The van der Waals surface area contributed by atoms with Crippen LogP contribution >= 0.6 is 22.6 Å². The van der Waals surface area contributed by atoms with Gasteiger partial charge < -0.3 is 14.3 Å². The zero-order valence-corrected chi connectivity index (χ0v) is 11.7. The summed E-state index contributed by atoms with van der Waals surface area (Å²) in [5.41, 5.74) is 0.715. The van der Waals surface area contributed by atoms with Gasteiger partial charge in [0.15, 0.2) is 0 Å². The van der Waals surface area contributed by atoms with E-state index in [4.69, 9.17) is 4.42 Å². The Balaban J connectivity index is 2.26. The number of carbonyl (C=O) groups is 1. The molecule has 2 aromatic rings. The molecule has 0 aliphatic heterocycles. The lowest BCUT2D eigenvalue weighted by molar-refractivity contribution is 0.0558. The van der Waals surface area contributed by atoms with E-state index in [0.717, 1.165) is 3.57 Å². The predicted molar refractivity (Wildman–Crippen MR) is 73.3 cm³/mol. The third-order valence-electron chi connectivity index (χ3n) is 2.45. The summed E-state index contributed by atoms with van der Waals surface area (Å²) in [5, 5.41) is 10.1. The van der Waals surface area contributed by atoms with Crippen LogP contribution in [0.4, 0.5) is 0 Å². The summed E-state index contributed by atoms with van der Waals surface area (Å²) in [4.78, 5) is 11.2. The Kier molecular flexibility index (Phi) is 4.03. The van der Waals surface area contributed by atoms with Crippen molar-refractivity contribution in [2.75, 3.05) is 7.11 Å². The number of esters is 1. The highest BCUT2D eigenvalue weighted by Crippen LogP contribution is 2.25. The quantitative estimate of drug-likeness (QED) is 0.677. The molecule has 1 N–H and O–H groups in total. The first-order valence-corrected chi connectivity index (χ1v) is 6.31. The van der Waals surface area contributed by atoms with Gasteiger partial charge in [-0.15, -0.1) is 0 Å². The molecule has 0 aliphatic rings. The van der Waals surface area contributed by atoms with Crippen LogP contribution in [0.2, 0.25) is 0 Å². The summed E-state index contributed by atoms with van der Waals surface area (Å²) < 4.78 is 10.8. The van der Waals surface area contributed by atoms with Crippen LogP contribution in [0.15, 0.2) is 40.8 Å². The smallest absolute Gasteiger partial charge is 0.373 e. The highest BCUT2D eigenvalue weighted by Gasteiger charge is 2.18. The van der Waals surface area contributed by atoms with Gasteiger partial charge in [0, 0.05) is 3.57 Å². The number of aliphatic hydroxyl groups is 1. The van der Waals surface area contributed by atoms with Crippen LogP contribution in [-0.4, -0.2) is 18.2 Å². The molecule has 94 valence electrons. The van der Waals surface area contributed by atoms with E-state index in [0.29, 0.717) is 11.3 Å². The Hall–Kier alpha value is -1.34. The average Bonchev–Trinajstić information content (AvgIpc) is 2.86. The number of benzene rings is 1. The molecule has 0 saturated heterocycles. The second kappa shape index (κ2) is 5.53. The molecule has 4 nitrogen and oxygen atoms in total. The fourth-order valence-electron chi connectivity index (χ4n) is 1.55. The molecule has 1 heterocycles. The van der Waals surface area contributed by atoms with Crippen LogP contribution in [0.5, 0.6) is 0 Å². The van der Waals surface area contributed by atoms with Gasteiger partial charge in [-0.3, -0.25) is 0 Å². The first-order chi connectivity index (χ1) is 8.61. The minimum absolute atomic E-state index is 0.0807. The van der Waals surface area contributed by atoms with Crippen molar-refractivity contribution in [3.63, 3.8) is 0 Å². The second-order valence-corrected chi connectivity index (χ2v) is 4.90. The number of aliphatic hydroxyl groups excluding tert-OH is 1. The molecule has 0 radical (unpaired) electrons. The molecule has 1 aromatic carbocycles. The first-order valence-electron chi connectivity index (χ1n) is 5.23. The molecule has 1 aromatic heterocycles. The van der Waals surface area contributed by atoms with Crippen molar-refractivity contribution < 1.29 is 19.1 Å². The van der Waals surface area contributed by atoms with Gasteiger partial charge in [0.1, 0.15) is 11.9 Å². The monoisotopic (exact) mass is 358 g/mol. The van der Waals surface area contributed by atoms with Gasteiger partial charge in [-0.25, -0.2) is 4.79 Å². The molecule has 0 aliphatic carbocycles. The summed E-state index contributed by atoms with van der Waals surface area (Å²) >= 11 is 2.16. The van der Waals surface area contributed by atoms with Gasteiger partial charge in [0.25, 0.3) is 0 Å². The number of carbonyl (C=O) groups excluding carboxylic acids is 1. The van der Waals surface area contributed by atoms with Crippen molar-refractivity contribution in [3.05, 3.63) is 57.1 Å². The van der Waals surface area contributed by atoms with Crippen molar-refractivity contribution in [1.82, 2.24) is 0 Å². The summed E-state index contributed by atoms with van der Waals surface area (Å²) in [7, 11) is 1.28. The van der Waals surface area contributed by atoms with Gasteiger partial charge in [-0.1, -0.05) is 12.1 Å². The number of ether oxygens (including phenoxy) is 1. The summed E-state index contributed by atoms with van der Waals surface area (Å²) in [6.45, 7) is 0. The average molecular weight is 358 g/mol. The number of methoxy groups -OCH3 is 1. The van der Waals surface area contributed by atoms with Crippen LogP contribution in [0.1, 0.15) is 28.0 Å². The zero-order valence-electron chi connectivity index (χ0n) is 9.59. The fraction of sp³-hybridized carbons (Fsp3) is 0.154. The van der Waals surface area contributed by atoms with Gasteiger partial charge in [-0.05, 0) is 52.4 Å². The first kappa shape index (κ1) is 13.1. The minimum Gasteiger partial charge on any atom is -0.463 e. The fourth-order valence-corrected chi connectivity index (χ4v) is 2.12. The van der Waals surface area contributed by atoms with Gasteiger partial charge >= 0.3 is 5.97 Å². The predicted octanol–water partition coefficient (Wildman–Crippen LogP) is 2.75. The van der Waals surface area contributed by atoms with Crippen LogP contribution in [0.25, 0.3) is 0 Å². The van der Waals surface area contributed by atoms with E-state index in [1.807, 2.05) is 18.2 Å². The van der Waals surface area contributed by atoms with E-state index >= 15 is 0 Å². The van der Waals surface area contributed by atoms with E-state index in [1.54, 1.807) is 12.1 Å². The van der Waals surface area contributed by atoms with Crippen LogP contribution in [-0.2, 0) is 4.74 Å². The highest BCUT2D eigenvalue weighted by molar-refractivity contribution is 14.1. The van der Waals surface area contributed by atoms with E-state index in [9.17, 15) is 9.90 Å². The van der Waals surface area contributed by atoms with E-state index in [2.05, 4.69) is 27.3 Å². The molecule has 0 amide bonds. The standard InChI is InChI=1S/C13H11IO4/c1-17-13(16)11-6-5-10(18-11)12(15)8-3-2-4-9(14)7-8/h2-7,12,15H,1H3. The normalized spacial score (nSPS) is 12.2. The molecule has 2 rings (SSSR count). The molecule has 18 heavy (non-hydrogen) atoms. The largest absolute Gasteiger partial charge is 0.463 e. The SMILES string of the molecule is COC(=O)c1ccc(C(O)c2cccc(I)c2)o1. The summed E-state index contributed by atoms with van der Waals surface area (Å²) in [6.07, 6.45) is -0.891. The third-order valence-corrected chi connectivity index (χ3v) is 3.12. The Labute approximate surface area is 118 Å². The van der Waals surface area contributed by atoms with E-state index in [1.165, 1.54) is 13.2 Å². The molecule has 0 bridgehead atoms. The molecule has 0 fully saturated rings. The minimum atomic E-state index is -0.891. The lowest BCUT2D eigenvalue weighted by Crippen LogP contribution is -2.00. The molecule has 0 saturated carbocycles. The Morgan fingerprint density at radius 2 is 2.17 bits per heavy atom. The Bertz CT molecular complexity index is 562. The van der Waals surface area contributed by atoms with E-state index < -0.39 is 12.1 Å². The number of rotatable bonds is 3. The van der Waals surface area contributed by atoms with Crippen molar-refractivity contribution in [3.8, 4) is 0 Å². The van der Waals surface area contributed by atoms with E-state index in [-0.39, 0.29) is 5.76 Å². The molecular formula is C13H11IO4. The lowest BCUT2D eigenvalue weighted by atomic mass is 10.1. The molecule has 5 heteroatoms. The summed E-state index contributed by atoms with van der Waals surface area (Å²) in [6, 6.07) is 10.5. The molecule has 1 unspecified atom stereocenters. The Morgan fingerprint density at radius 3 is 2.83 bits per heavy atom. The number of hydrogen-bond donors (Lipinski definition) is 1. The lowest BCUT2D eigenvalue weighted by Gasteiger charge is -2.08. The summed E-state index contributed by atoms with van der Waals surface area (Å²) in [5.74, 6) is -0.161. The topological polar surface area (TPSA) is 59.7 Å². The number of furan rings is 1. The van der Waals surface area contributed by atoms with Crippen molar-refractivity contribution in [2.45, 2.75) is 6.10 Å². The van der Waals surface area contributed by atoms with Crippen molar-refractivity contribution in [1.29, 1.82) is 0 Å². The van der Waals surface area contributed by atoms with Crippen molar-refractivity contribution in [2.24, 2.45) is 0 Å².